The van der Waals surface area contributed by atoms with Crippen LogP contribution in [0.25, 0.3) is 0 Å². The van der Waals surface area contributed by atoms with Gasteiger partial charge in [-0.2, -0.15) is 0 Å². The van der Waals surface area contributed by atoms with Gasteiger partial charge in [-0.3, -0.25) is 14.5 Å². The summed E-state index contributed by atoms with van der Waals surface area (Å²) in [5.74, 6) is 0.609. The molecule has 0 unspecified atom stereocenters. The summed E-state index contributed by atoms with van der Waals surface area (Å²) < 4.78 is 3.77. The fourth-order valence-corrected chi connectivity index (χ4v) is 5.18. The molecule has 3 aliphatic rings. The van der Waals surface area contributed by atoms with Crippen molar-refractivity contribution in [2.24, 2.45) is 13.0 Å². The van der Waals surface area contributed by atoms with Crippen LogP contribution >= 0.6 is 0 Å². The molecule has 2 saturated heterocycles. The van der Waals surface area contributed by atoms with E-state index in [9.17, 15) is 9.59 Å². The second-order valence-electron chi connectivity index (χ2n) is 8.58. The van der Waals surface area contributed by atoms with Crippen LogP contribution in [0.2, 0.25) is 0 Å². The van der Waals surface area contributed by atoms with Gasteiger partial charge in [0, 0.05) is 50.4 Å². The van der Waals surface area contributed by atoms with Crippen molar-refractivity contribution in [3.63, 3.8) is 0 Å². The molecule has 0 saturated carbocycles. The van der Waals surface area contributed by atoms with E-state index in [1.165, 1.54) is 12.8 Å². The lowest BCUT2D eigenvalue weighted by Crippen LogP contribution is -2.49. The molecule has 7 heteroatoms. The van der Waals surface area contributed by atoms with Gasteiger partial charge in [0.25, 0.3) is 11.5 Å². The SMILES string of the molecule is Cn1cncc1C(=O)N1C[C@@H]2C[C@H](C1)c1ccc(CN3CCCC3)c(=O)n1C2. The van der Waals surface area contributed by atoms with Crippen LogP contribution in [0.1, 0.15) is 46.9 Å². The Bertz CT molecular complexity index is 956. The van der Waals surface area contributed by atoms with E-state index in [1.807, 2.05) is 22.6 Å². The summed E-state index contributed by atoms with van der Waals surface area (Å²) in [5, 5.41) is 0. The third-order valence-electron chi connectivity index (χ3n) is 6.60. The molecule has 0 N–H and O–H groups in total. The first-order chi connectivity index (χ1) is 13.6. The Morgan fingerprint density at radius 2 is 2.00 bits per heavy atom. The number of aromatic nitrogens is 3. The minimum Gasteiger partial charge on any atom is -0.336 e. The van der Waals surface area contributed by atoms with E-state index in [2.05, 4.69) is 16.0 Å². The predicted octanol–water partition coefficient (Wildman–Crippen LogP) is 1.44. The van der Waals surface area contributed by atoms with Gasteiger partial charge in [-0.1, -0.05) is 6.07 Å². The van der Waals surface area contributed by atoms with Crippen LogP contribution in [0.15, 0.2) is 29.5 Å². The van der Waals surface area contributed by atoms with Gasteiger partial charge in [0.05, 0.1) is 12.5 Å². The Morgan fingerprint density at radius 3 is 2.75 bits per heavy atom. The highest BCUT2D eigenvalue weighted by atomic mass is 16.2. The van der Waals surface area contributed by atoms with Crippen molar-refractivity contribution >= 4 is 5.91 Å². The Labute approximate surface area is 164 Å². The topological polar surface area (TPSA) is 63.4 Å². The fourth-order valence-electron chi connectivity index (χ4n) is 5.18. The minimum absolute atomic E-state index is 0.0381. The van der Waals surface area contributed by atoms with Crippen molar-refractivity contribution in [3.8, 4) is 0 Å². The van der Waals surface area contributed by atoms with Crippen LogP contribution in [0.5, 0.6) is 0 Å². The summed E-state index contributed by atoms with van der Waals surface area (Å²) in [6, 6.07) is 4.15. The fraction of sp³-hybridized carbons (Fsp3) is 0.571. The largest absolute Gasteiger partial charge is 0.336 e. The lowest BCUT2D eigenvalue weighted by Gasteiger charge is -2.43. The number of rotatable bonds is 3. The minimum atomic E-state index is 0.0381. The van der Waals surface area contributed by atoms with Gasteiger partial charge >= 0.3 is 0 Å². The summed E-state index contributed by atoms with van der Waals surface area (Å²) in [6.07, 6.45) is 6.82. The predicted molar refractivity (Wildman–Crippen MR) is 105 cm³/mol. The molecular weight excluding hydrogens is 354 g/mol. The van der Waals surface area contributed by atoms with Crippen LogP contribution in [0.3, 0.4) is 0 Å². The Morgan fingerprint density at radius 1 is 1.18 bits per heavy atom. The number of carbonyl (C=O) groups is 1. The molecule has 5 rings (SSSR count). The third-order valence-corrected chi connectivity index (χ3v) is 6.60. The van der Waals surface area contributed by atoms with Crippen LogP contribution in [0, 0.1) is 5.92 Å². The van der Waals surface area contributed by atoms with Gasteiger partial charge in [0.1, 0.15) is 5.69 Å². The molecule has 2 atom stereocenters. The monoisotopic (exact) mass is 381 g/mol. The number of hydrogen-bond donors (Lipinski definition) is 0. The van der Waals surface area contributed by atoms with Crippen molar-refractivity contribution < 1.29 is 4.79 Å². The highest BCUT2D eigenvalue weighted by molar-refractivity contribution is 5.92. The first kappa shape index (κ1) is 17.7. The van der Waals surface area contributed by atoms with Gasteiger partial charge in [0.15, 0.2) is 0 Å². The number of carbonyl (C=O) groups excluding carboxylic acids is 1. The van der Waals surface area contributed by atoms with Crippen molar-refractivity contribution in [1.29, 1.82) is 0 Å². The molecule has 0 spiro atoms. The van der Waals surface area contributed by atoms with E-state index >= 15 is 0 Å². The van der Waals surface area contributed by atoms with E-state index in [4.69, 9.17) is 0 Å². The average molecular weight is 381 g/mol. The van der Waals surface area contributed by atoms with Crippen LogP contribution in [-0.4, -0.2) is 56.0 Å². The molecule has 0 radical (unpaired) electrons. The Kier molecular flexibility index (Phi) is 4.34. The van der Waals surface area contributed by atoms with E-state index in [-0.39, 0.29) is 17.4 Å². The zero-order valence-electron chi connectivity index (χ0n) is 16.4. The number of fused-ring (bicyclic) bond motifs is 4. The maximum Gasteiger partial charge on any atom is 0.272 e. The number of hydrogen-bond acceptors (Lipinski definition) is 4. The molecule has 7 nitrogen and oxygen atoms in total. The summed E-state index contributed by atoms with van der Waals surface area (Å²) >= 11 is 0. The number of nitrogens with zero attached hydrogens (tertiary/aromatic N) is 5. The zero-order chi connectivity index (χ0) is 19.3. The van der Waals surface area contributed by atoms with Crippen molar-refractivity contribution in [2.45, 2.75) is 38.3 Å². The van der Waals surface area contributed by atoms with Gasteiger partial charge in [-0.05, 0) is 44.3 Å². The molecule has 0 aliphatic carbocycles. The molecule has 2 aromatic heterocycles. The zero-order valence-corrected chi connectivity index (χ0v) is 16.4. The highest BCUT2D eigenvalue weighted by Gasteiger charge is 2.37. The van der Waals surface area contributed by atoms with E-state index in [0.29, 0.717) is 31.2 Å². The number of imidazole rings is 1. The number of amides is 1. The van der Waals surface area contributed by atoms with E-state index in [1.54, 1.807) is 17.1 Å². The molecular formula is C21H27N5O2. The molecule has 2 bridgehead atoms. The summed E-state index contributed by atoms with van der Waals surface area (Å²) in [4.78, 5) is 34.5. The number of pyridine rings is 1. The lowest BCUT2D eigenvalue weighted by atomic mass is 9.83. The Balaban J connectivity index is 1.40. The van der Waals surface area contributed by atoms with Crippen LogP contribution in [0.4, 0.5) is 0 Å². The molecule has 28 heavy (non-hydrogen) atoms. The van der Waals surface area contributed by atoms with Crippen molar-refractivity contribution in [2.75, 3.05) is 26.2 Å². The molecule has 148 valence electrons. The summed E-state index contributed by atoms with van der Waals surface area (Å²) in [7, 11) is 1.85. The van der Waals surface area contributed by atoms with E-state index < -0.39 is 0 Å². The lowest BCUT2D eigenvalue weighted by molar-refractivity contribution is 0.0584. The maximum absolute atomic E-state index is 13.1. The molecule has 5 heterocycles. The molecule has 2 fully saturated rings. The van der Waals surface area contributed by atoms with Gasteiger partial charge in [0.2, 0.25) is 0 Å². The van der Waals surface area contributed by atoms with Crippen LogP contribution < -0.4 is 5.56 Å². The summed E-state index contributed by atoms with van der Waals surface area (Å²) in [5.41, 5.74) is 2.80. The van der Waals surface area contributed by atoms with Crippen molar-refractivity contribution in [3.05, 3.63) is 52.0 Å². The molecule has 1 amide bonds. The first-order valence-electron chi connectivity index (χ1n) is 10.3. The first-order valence-corrected chi connectivity index (χ1v) is 10.3. The quantitative estimate of drug-likeness (QED) is 0.807. The van der Waals surface area contributed by atoms with Gasteiger partial charge in [-0.15, -0.1) is 0 Å². The standard InChI is InChI=1S/C21H27N5O2/c1-23-14-22-9-19(23)21(28)25-10-15-8-17(13-25)18-5-4-16(20(27)26(18)11-15)12-24-6-2-3-7-24/h4-5,9,14-15,17H,2-3,6-8,10-13H2,1H3/t15-,17+/m0/s1. The third kappa shape index (κ3) is 2.98. The molecule has 3 aliphatic heterocycles. The summed E-state index contributed by atoms with van der Waals surface area (Å²) in [6.45, 7) is 5.05. The maximum atomic E-state index is 13.1. The van der Waals surface area contributed by atoms with Crippen molar-refractivity contribution in [1.82, 2.24) is 23.9 Å². The average Bonchev–Trinajstić information content (AvgIpc) is 3.35. The van der Waals surface area contributed by atoms with Gasteiger partial charge in [-0.25, -0.2) is 4.98 Å². The number of aryl methyl sites for hydroxylation is 1. The van der Waals surface area contributed by atoms with Crippen LogP contribution in [-0.2, 0) is 20.1 Å². The smallest absolute Gasteiger partial charge is 0.272 e. The molecule has 0 aromatic carbocycles. The Hall–Kier alpha value is -2.41. The van der Waals surface area contributed by atoms with E-state index in [0.717, 1.165) is 37.3 Å². The molecule has 2 aromatic rings. The number of likely N-dealkylation sites (tertiary alicyclic amines) is 2. The second-order valence-corrected chi connectivity index (χ2v) is 8.58. The second kappa shape index (κ2) is 6.88. The number of piperidine rings is 1. The highest BCUT2D eigenvalue weighted by Crippen LogP contribution is 2.35. The normalized spacial score (nSPS) is 24.4. The van der Waals surface area contributed by atoms with Gasteiger partial charge < -0.3 is 14.0 Å².